The second kappa shape index (κ2) is 10.9. The van der Waals surface area contributed by atoms with Crippen LogP contribution in [0.15, 0.2) is 96.6 Å². The largest absolute Gasteiger partial charge is 0.487 e. The fourth-order valence-corrected chi connectivity index (χ4v) is 3.82. The number of nitrogens with one attached hydrogen (secondary N) is 1. The molecule has 0 aliphatic heterocycles. The molecule has 2 heterocycles. The number of nitrogens with zero attached hydrogens (tertiary/aromatic N) is 3. The van der Waals surface area contributed by atoms with E-state index in [2.05, 4.69) is 17.0 Å². The lowest BCUT2D eigenvalue weighted by Crippen LogP contribution is -2.30. The number of benzene rings is 2. The van der Waals surface area contributed by atoms with Gasteiger partial charge in [-0.3, -0.25) is 20.2 Å². The van der Waals surface area contributed by atoms with Crippen molar-refractivity contribution in [2.45, 2.75) is 20.1 Å². The van der Waals surface area contributed by atoms with Crippen LogP contribution >= 0.6 is 11.6 Å². The van der Waals surface area contributed by atoms with E-state index in [4.69, 9.17) is 16.3 Å². The molecule has 8 heteroatoms. The maximum Gasteiger partial charge on any atom is 0.253 e. The number of rotatable bonds is 9. The van der Waals surface area contributed by atoms with Crippen molar-refractivity contribution in [2.24, 2.45) is 0 Å². The number of pyridine rings is 2. The Morgan fingerprint density at radius 3 is 2.57 bits per heavy atom. The van der Waals surface area contributed by atoms with E-state index in [-0.39, 0.29) is 24.5 Å². The van der Waals surface area contributed by atoms with Gasteiger partial charge < -0.3 is 9.30 Å². The molecule has 0 saturated heterocycles. The summed E-state index contributed by atoms with van der Waals surface area (Å²) in [5, 5.41) is 2.18. The first-order valence-electron chi connectivity index (χ1n) is 10.9. The smallest absolute Gasteiger partial charge is 0.253 e. The standard InChI is InChI=1S/C27H24ClFN4O2/c1-3-33(25-10-5-4-9-23(25)28)31-24-16-27(34)32(17-21-8-6-7-15-30-21)26(19(24)2)18-35-22-13-11-20(29)12-14-22/h3-16,31H,1,17-18H2,2H3. The van der Waals surface area contributed by atoms with Gasteiger partial charge in [-0.2, -0.15) is 0 Å². The summed E-state index contributed by atoms with van der Waals surface area (Å²) in [5.41, 5.74) is 6.44. The van der Waals surface area contributed by atoms with Crippen LogP contribution in [-0.4, -0.2) is 9.55 Å². The van der Waals surface area contributed by atoms with Crippen molar-refractivity contribution in [3.8, 4) is 5.75 Å². The zero-order valence-electron chi connectivity index (χ0n) is 19.1. The minimum Gasteiger partial charge on any atom is -0.487 e. The van der Waals surface area contributed by atoms with E-state index in [1.54, 1.807) is 40.2 Å². The molecule has 1 N–H and O–H groups in total. The van der Waals surface area contributed by atoms with Crippen molar-refractivity contribution in [2.75, 3.05) is 10.4 Å². The summed E-state index contributed by atoms with van der Waals surface area (Å²) < 4.78 is 20.9. The molecule has 35 heavy (non-hydrogen) atoms. The van der Waals surface area contributed by atoms with E-state index in [9.17, 15) is 9.18 Å². The third-order valence-corrected chi connectivity index (χ3v) is 5.79. The second-order valence-corrected chi connectivity index (χ2v) is 8.14. The highest BCUT2D eigenvalue weighted by Crippen LogP contribution is 2.28. The average Bonchev–Trinajstić information content (AvgIpc) is 2.87. The fourth-order valence-electron chi connectivity index (χ4n) is 3.59. The molecule has 0 aliphatic rings. The Morgan fingerprint density at radius 1 is 1.14 bits per heavy atom. The molecule has 4 rings (SSSR count). The van der Waals surface area contributed by atoms with Crippen LogP contribution in [0.3, 0.4) is 0 Å². The zero-order valence-corrected chi connectivity index (χ0v) is 19.9. The number of anilines is 2. The Bertz CT molecular complexity index is 1370. The van der Waals surface area contributed by atoms with E-state index < -0.39 is 0 Å². The summed E-state index contributed by atoms with van der Waals surface area (Å²) in [5.74, 6) is 0.140. The summed E-state index contributed by atoms with van der Waals surface area (Å²) in [6.45, 7) is 6.13. The van der Waals surface area contributed by atoms with Gasteiger partial charge in [0.15, 0.2) is 0 Å². The lowest BCUT2D eigenvalue weighted by molar-refractivity contribution is 0.292. The van der Waals surface area contributed by atoms with Gasteiger partial charge in [-0.25, -0.2) is 4.39 Å². The maximum absolute atomic E-state index is 13.3. The molecular formula is C27H24ClFN4O2. The van der Waals surface area contributed by atoms with Crippen LogP contribution in [0, 0.1) is 12.7 Å². The highest BCUT2D eigenvalue weighted by molar-refractivity contribution is 6.33. The first-order chi connectivity index (χ1) is 17.0. The van der Waals surface area contributed by atoms with E-state index in [1.807, 2.05) is 43.3 Å². The molecule has 0 atom stereocenters. The third kappa shape index (κ3) is 5.70. The van der Waals surface area contributed by atoms with Gasteiger partial charge in [-0.1, -0.05) is 36.4 Å². The molecule has 0 spiro atoms. The van der Waals surface area contributed by atoms with Crippen molar-refractivity contribution in [3.63, 3.8) is 0 Å². The molecule has 4 aromatic rings. The average molecular weight is 491 g/mol. The van der Waals surface area contributed by atoms with Crippen molar-refractivity contribution in [1.82, 2.24) is 9.55 Å². The fraction of sp³-hybridized carbons (Fsp3) is 0.111. The first kappa shape index (κ1) is 24.0. The van der Waals surface area contributed by atoms with Gasteiger partial charge in [-0.15, -0.1) is 0 Å². The lowest BCUT2D eigenvalue weighted by Gasteiger charge is -2.26. The maximum atomic E-state index is 13.3. The lowest BCUT2D eigenvalue weighted by atomic mass is 10.1. The van der Waals surface area contributed by atoms with Gasteiger partial charge in [-0.05, 0) is 61.0 Å². The van der Waals surface area contributed by atoms with Crippen LogP contribution in [0.25, 0.3) is 0 Å². The Morgan fingerprint density at radius 2 is 1.89 bits per heavy atom. The molecule has 2 aromatic carbocycles. The normalized spacial score (nSPS) is 10.6. The van der Waals surface area contributed by atoms with Crippen LogP contribution in [0.4, 0.5) is 15.8 Å². The van der Waals surface area contributed by atoms with Crippen LogP contribution < -0.4 is 20.7 Å². The topological polar surface area (TPSA) is 59.4 Å². The zero-order chi connectivity index (χ0) is 24.8. The Kier molecular flexibility index (Phi) is 7.48. The quantitative estimate of drug-likeness (QED) is 0.294. The Balaban J connectivity index is 1.72. The number of hydrogen-bond donors (Lipinski definition) is 1. The minimum atomic E-state index is -0.351. The van der Waals surface area contributed by atoms with Gasteiger partial charge in [0.2, 0.25) is 0 Å². The van der Waals surface area contributed by atoms with Crippen LogP contribution in [0.1, 0.15) is 17.0 Å². The van der Waals surface area contributed by atoms with Crippen LogP contribution in [-0.2, 0) is 13.2 Å². The van der Waals surface area contributed by atoms with Crippen molar-refractivity contribution in [1.29, 1.82) is 0 Å². The number of hydrogen-bond acceptors (Lipinski definition) is 5. The monoisotopic (exact) mass is 490 g/mol. The van der Waals surface area contributed by atoms with E-state index >= 15 is 0 Å². The van der Waals surface area contributed by atoms with Crippen molar-refractivity contribution in [3.05, 3.63) is 130 Å². The molecule has 6 nitrogen and oxygen atoms in total. The van der Waals surface area contributed by atoms with Gasteiger partial charge in [0.25, 0.3) is 5.56 Å². The van der Waals surface area contributed by atoms with E-state index in [0.717, 1.165) is 11.3 Å². The Labute approximate surface area is 207 Å². The molecule has 0 unspecified atom stereocenters. The van der Waals surface area contributed by atoms with Gasteiger partial charge >= 0.3 is 0 Å². The number of aromatic nitrogens is 2. The molecular weight excluding hydrogens is 467 g/mol. The third-order valence-electron chi connectivity index (χ3n) is 5.47. The summed E-state index contributed by atoms with van der Waals surface area (Å²) in [6.07, 6.45) is 3.26. The Hall–Kier alpha value is -4.10. The number of hydrazine groups is 1. The van der Waals surface area contributed by atoms with Crippen LogP contribution in [0.5, 0.6) is 5.75 Å². The molecule has 0 bridgehead atoms. The van der Waals surface area contributed by atoms with Crippen LogP contribution in [0.2, 0.25) is 5.02 Å². The number of halogens is 2. The first-order valence-corrected chi connectivity index (χ1v) is 11.3. The van der Waals surface area contributed by atoms with Crippen molar-refractivity contribution < 1.29 is 9.13 Å². The number of ether oxygens (including phenoxy) is 1. The van der Waals surface area contributed by atoms with E-state index in [0.29, 0.717) is 27.8 Å². The summed E-state index contributed by atoms with van der Waals surface area (Å²) in [4.78, 5) is 17.6. The summed E-state index contributed by atoms with van der Waals surface area (Å²) in [7, 11) is 0. The second-order valence-electron chi connectivity index (χ2n) is 7.73. The SMILES string of the molecule is C=CN(Nc1cc(=O)n(Cc2ccccn2)c(COc2ccc(F)cc2)c1C)c1ccccc1Cl. The highest BCUT2D eigenvalue weighted by atomic mass is 35.5. The summed E-state index contributed by atoms with van der Waals surface area (Å²) >= 11 is 6.36. The summed E-state index contributed by atoms with van der Waals surface area (Å²) in [6, 6.07) is 20.1. The molecule has 0 fully saturated rings. The van der Waals surface area contributed by atoms with Crippen molar-refractivity contribution >= 4 is 23.0 Å². The van der Waals surface area contributed by atoms with Gasteiger partial charge in [0.05, 0.1) is 34.3 Å². The molecule has 0 aliphatic carbocycles. The molecule has 178 valence electrons. The van der Waals surface area contributed by atoms with Gasteiger partial charge in [0, 0.05) is 18.5 Å². The number of para-hydroxylation sites is 1. The van der Waals surface area contributed by atoms with Gasteiger partial charge in [0.1, 0.15) is 18.2 Å². The minimum absolute atomic E-state index is 0.0925. The molecule has 0 saturated carbocycles. The predicted molar refractivity (Wildman–Crippen MR) is 137 cm³/mol. The molecule has 2 aromatic heterocycles. The predicted octanol–water partition coefficient (Wildman–Crippen LogP) is 5.95. The highest BCUT2D eigenvalue weighted by Gasteiger charge is 2.17. The molecule has 0 amide bonds. The van der Waals surface area contributed by atoms with E-state index in [1.165, 1.54) is 18.2 Å². The molecule has 0 radical (unpaired) electrons.